The summed E-state index contributed by atoms with van der Waals surface area (Å²) < 4.78 is 5.45. The van der Waals surface area contributed by atoms with Gasteiger partial charge >= 0.3 is 5.97 Å². The van der Waals surface area contributed by atoms with E-state index in [1.54, 1.807) is 0 Å². The van der Waals surface area contributed by atoms with E-state index in [0.29, 0.717) is 18.3 Å². The Hall–Kier alpha value is -2.82. The molecule has 0 fully saturated rings. The van der Waals surface area contributed by atoms with Gasteiger partial charge in [0, 0.05) is 5.92 Å². The second kappa shape index (κ2) is 9.21. The molecular weight excluding hydrogens is 342 g/mol. The van der Waals surface area contributed by atoms with Gasteiger partial charge < -0.3 is 14.7 Å². The van der Waals surface area contributed by atoms with E-state index in [4.69, 9.17) is 14.7 Å². The molecule has 5 nitrogen and oxygen atoms in total. The Bertz CT molecular complexity index is 801. The first-order valence-electron chi connectivity index (χ1n) is 9.35. The predicted molar refractivity (Wildman–Crippen MR) is 104 cm³/mol. The van der Waals surface area contributed by atoms with Gasteiger partial charge in [-0.1, -0.05) is 54.5 Å². The molecule has 1 N–H and O–H groups in total. The van der Waals surface area contributed by atoms with Crippen molar-refractivity contribution in [2.45, 2.75) is 39.2 Å². The molecule has 1 aliphatic rings. The van der Waals surface area contributed by atoms with Gasteiger partial charge in [0.05, 0.1) is 5.71 Å². The van der Waals surface area contributed by atoms with Crippen molar-refractivity contribution in [1.29, 1.82) is 0 Å². The molecule has 0 saturated heterocycles. The standard InChI is InChI=1S/C22H25NO4/c1-2-20(23-27-14-16-7-4-3-5-8-16)18-11-12-19-17(13-18)9-6-10-21(19)26-15-22(24)25/h3-10,18H,2,11-15H2,1H3,(H,24,25)/b23-20-. The maximum Gasteiger partial charge on any atom is 0.341 e. The molecule has 0 amide bonds. The summed E-state index contributed by atoms with van der Waals surface area (Å²) in [6.45, 7) is 2.27. The maximum absolute atomic E-state index is 10.8. The lowest BCUT2D eigenvalue weighted by Crippen LogP contribution is -2.23. The summed E-state index contributed by atoms with van der Waals surface area (Å²) in [6, 6.07) is 15.9. The van der Waals surface area contributed by atoms with Gasteiger partial charge in [0.2, 0.25) is 0 Å². The largest absolute Gasteiger partial charge is 0.482 e. The van der Waals surface area contributed by atoms with Gasteiger partial charge in [-0.15, -0.1) is 0 Å². The Morgan fingerprint density at radius 3 is 2.74 bits per heavy atom. The summed E-state index contributed by atoms with van der Waals surface area (Å²) >= 11 is 0. The Balaban J connectivity index is 1.65. The smallest absolute Gasteiger partial charge is 0.341 e. The highest BCUT2D eigenvalue weighted by atomic mass is 16.6. The molecule has 1 unspecified atom stereocenters. The average Bonchev–Trinajstić information content (AvgIpc) is 2.70. The number of carboxylic acid groups (broad SMARTS) is 1. The van der Waals surface area contributed by atoms with Gasteiger partial charge in [0.15, 0.2) is 6.61 Å². The molecule has 0 aliphatic heterocycles. The number of aliphatic carboxylic acids is 1. The number of fused-ring (bicyclic) bond motifs is 1. The fourth-order valence-corrected chi connectivity index (χ4v) is 3.52. The summed E-state index contributed by atoms with van der Waals surface area (Å²) in [5.74, 6) is 0.0638. The molecule has 0 bridgehead atoms. The van der Waals surface area contributed by atoms with E-state index < -0.39 is 5.97 Å². The van der Waals surface area contributed by atoms with E-state index in [2.05, 4.69) is 18.1 Å². The van der Waals surface area contributed by atoms with E-state index in [0.717, 1.165) is 42.5 Å². The summed E-state index contributed by atoms with van der Waals surface area (Å²) in [5, 5.41) is 13.3. The number of ether oxygens (including phenoxy) is 1. The Morgan fingerprint density at radius 1 is 1.19 bits per heavy atom. The molecule has 1 atom stereocenters. The van der Waals surface area contributed by atoms with Crippen LogP contribution in [0.4, 0.5) is 0 Å². The average molecular weight is 367 g/mol. The monoisotopic (exact) mass is 367 g/mol. The maximum atomic E-state index is 10.8. The van der Waals surface area contributed by atoms with Gasteiger partial charge in [-0.05, 0) is 48.4 Å². The number of carbonyl (C=O) groups is 1. The normalized spacial score (nSPS) is 16.5. The predicted octanol–water partition coefficient (Wildman–Crippen LogP) is 4.24. The summed E-state index contributed by atoms with van der Waals surface area (Å²) in [7, 11) is 0. The van der Waals surface area contributed by atoms with Crippen LogP contribution in [-0.2, 0) is 29.1 Å². The van der Waals surface area contributed by atoms with Crippen molar-refractivity contribution in [3.8, 4) is 5.75 Å². The van der Waals surface area contributed by atoms with Crippen LogP contribution in [-0.4, -0.2) is 23.4 Å². The first-order valence-corrected chi connectivity index (χ1v) is 9.35. The number of hydrogen-bond acceptors (Lipinski definition) is 4. The zero-order valence-corrected chi connectivity index (χ0v) is 15.6. The lowest BCUT2D eigenvalue weighted by Gasteiger charge is -2.26. The van der Waals surface area contributed by atoms with Crippen LogP contribution in [0.2, 0.25) is 0 Å². The van der Waals surface area contributed by atoms with Crippen molar-refractivity contribution in [2.75, 3.05) is 6.61 Å². The van der Waals surface area contributed by atoms with Crippen LogP contribution in [0.25, 0.3) is 0 Å². The number of benzene rings is 2. The van der Waals surface area contributed by atoms with Crippen molar-refractivity contribution >= 4 is 11.7 Å². The van der Waals surface area contributed by atoms with Crippen LogP contribution >= 0.6 is 0 Å². The van der Waals surface area contributed by atoms with Crippen molar-refractivity contribution in [2.24, 2.45) is 11.1 Å². The number of hydrogen-bond donors (Lipinski definition) is 1. The van der Waals surface area contributed by atoms with Gasteiger partial charge in [-0.2, -0.15) is 0 Å². The van der Waals surface area contributed by atoms with Crippen LogP contribution in [0.1, 0.15) is 36.5 Å². The molecule has 2 aromatic carbocycles. The van der Waals surface area contributed by atoms with Crippen LogP contribution in [0, 0.1) is 5.92 Å². The van der Waals surface area contributed by atoms with E-state index in [1.807, 2.05) is 42.5 Å². The fourth-order valence-electron chi connectivity index (χ4n) is 3.52. The molecule has 0 saturated carbocycles. The minimum Gasteiger partial charge on any atom is -0.482 e. The SMILES string of the molecule is CC/C(=N/OCc1ccccc1)C1CCc2c(cccc2OCC(=O)O)C1. The minimum absolute atomic E-state index is 0.311. The number of rotatable bonds is 8. The molecule has 0 heterocycles. The summed E-state index contributed by atoms with van der Waals surface area (Å²) in [6.07, 6.45) is 3.54. The molecule has 2 aromatic rings. The number of oxime groups is 1. The van der Waals surface area contributed by atoms with E-state index in [1.165, 1.54) is 5.56 Å². The highest BCUT2D eigenvalue weighted by molar-refractivity contribution is 5.86. The van der Waals surface area contributed by atoms with Crippen molar-refractivity contribution in [3.63, 3.8) is 0 Å². The first-order chi connectivity index (χ1) is 13.2. The van der Waals surface area contributed by atoms with Crippen LogP contribution in [0.3, 0.4) is 0 Å². The third-order valence-corrected chi connectivity index (χ3v) is 4.88. The van der Waals surface area contributed by atoms with E-state index in [9.17, 15) is 4.79 Å². The zero-order valence-electron chi connectivity index (χ0n) is 15.6. The summed E-state index contributed by atoms with van der Waals surface area (Å²) in [4.78, 5) is 16.4. The minimum atomic E-state index is -0.961. The second-order valence-corrected chi connectivity index (χ2v) is 6.71. The van der Waals surface area contributed by atoms with Gasteiger partial charge in [-0.3, -0.25) is 0 Å². The van der Waals surface area contributed by atoms with Crippen LogP contribution in [0.5, 0.6) is 5.75 Å². The van der Waals surface area contributed by atoms with Crippen molar-refractivity contribution in [1.82, 2.24) is 0 Å². The molecule has 3 rings (SSSR count). The Morgan fingerprint density at radius 2 is 2.00 bits per heavy atom. The van der Waals surface area contributed by atoms with Gasteiger partial charge in [0.1, 0.15) is 12.4 Å². The molecule has 0 aromatic heterocycles. The molecular formula is C22H25NO4. The van der Waals surface area contributed by atoms with Crippen LogP contribution in [0.15, 0.2) is 53.7 Å². The van der Waals surface area contributed by atoms with Crippen molar-refractivity contribution < 1.29 is 19.5 Å². The number of carboxylic acids is 1. The highest BCUT2D eigenvalue weighted by Crippen LogP contribution is 2.33. The molecule has 5 heteroatoms. The summed E-state index contributed by atoms with van der Waals surface area (Å²) in [5.41, 5.74) is 4.51. The van der Waals surface area contributed by atoms with E-state index in [-0.39, 0.29) is 6.61 Å². The van der Waals surface area contributed by atoms with E-state index >= 15 is 0 Å². The molecule has 0 radical (unpaired) electrons. The first kappa shape index (κ1) is 19.0. The molecule has 27 heavy (non-hydrogen) atoms. The van der Waals surface area contributed by atoms with Crippen molar-refractivity contribution in [3.05, 3.63) is 65.2 Å². The molecule has 1 aliphatic carbocycles. The second-order valence-electron chi connectivity index (χ2n) is 6.71. The fraction of sp³-hybridized carbons (Fsp3) is 0.364. The topological polar surface area (TPSA) is 68.1 Å². The highest BCUT2D eigenvalue weighted by Gasteiger charge is 2.25. The quantitative estimate of drug-likeness (QED) is 0.560. The third kappa shape index (κ3) is 5.09. The van der Waals surface area contributed by atoms with Crippen LogP contribution < -0.4 is 4.74 Å². The Kier molecular flexibility index (Phi) is 6.47. The Labute approximate surface area is 159 Å². The lowest BCUT2D eigenvalue weighted by atomic mass is 9.80. The van der Waals surface area contributed by atoms with Gasteiger partial charge in [-0.25, -0.2) is 4.79 Å². The molecule has 142 valence electrons. The third-order valence-electron chi connectivity index (χ3n) is 4.88. The lowest BCUT2D eigenvalue weighted by molar-refractivity contribution is -0.139. The molecule has 0 spiro atoms. The van der Waals surface area contributed by atoms with Gasteiger partial charge in [0.25, 0.3) is 0 Å². The number of nitrogens with zero attached hydrogens (tertiary/aromatic N) is 1. The zero-order chi connectivity index (χ0) is 19.1.